The van der Waals surface area contributed by atoms with Gasteiger partial charge in [0.15, 0.2) is 0 Å². The molecule has 0 aliphatic heterocycles. The number of nitro benzene ring substituents is 1. The predicted octanol–water partition coefficient (Wildman–Crippen LogP) is -1.68. The average molecular weight is 209 g/mol. The van der Waals surface area contributed by atoms with Crippen LogP contribution >= 0.6 is 0 Å². The van der Waals surface area contributed by atoms with Crippen molar-refractivity contribution in [1.82, 2.24) is 0 Å². The Bertz CT molecular complexity index is 452. The van der Waals surface area contributed by atoms with Gasteiger partial charge < -0.3 is 19.8 Å². The van der Waals surface area contributed by atoms with Gasteiger partial charge in [0.1, 0.15) is 0 Å². The number of hydrogen-bond acceptors (Lipinski definition) is 6. The van der Waals surface area contributed by atoms with Crippen LogP contribution in [0.5, 0.6) is 0 Å². The lowest BCUT2D eigenvalue weighted by molar-refractivity contribution is -0.385. The number of carbonyl (C=O) groups excluding carboxylic acids is 2. The van der Waals surface area contributed by atoms with Crippen LogP contribution < -0.4 is 10.2 Å². The molecule has 0 aliphatic carbocycles. The van der Waals surface area contributed by atoms with Gasteiger partial charge in [0.25, 0.3) is 5.69 Å². The summed E-state index contributed by atoms with van der Waals surface area (Å²) in [6.07, 6.45) is 0. The number of nitrogens with zero attached hydrogens (tertiary/aromatic N) is 1. The maximum atomic E-state index is 10.5. The number of hydrogen-bond donors (Lipinski definition) is 0. The zero-order chi connectivity index (χ0) is 11.6. The van der Waals surface area contributed by atoms with E-state index < -0.39 is 33.7 Å². The van der Waals surface area contributed by atoms with E-state index in [-0.39, 0.29) is 0 Å². The topological polar surface area (TPSA) is 123 Å². The van der Waals surface area contributed by atoms with Gasteiger partial charge in [-0.05, 0) is 6.07 Å². The minimum Gasteiger partial charge on any atom is -0.545 e. The van der Waals surface area contributed by atoms with Crippen LogP contribution in [-0.2, 0) is 0 Å². The smallest absolute Gasteiger partial charge is 0.270 e. The fourth-order valence-electron chi connectivity index (χ4n) is 0.993. The van der Waals surface area contributed by atoms with Crippen molar-refractivity contribution in [3.63, 3.8) is 0 Å². The molecule has 0 spiro atoms. The van der Waals surface area contributed by atoms with Gasteiger partial charge in [-0.1, -0.05) is 0 Å². The lowest BCUT2D eigenvalue weighted by atomic mass is 10.1. The summed E-state index contributed by atoms with van der Waals surface area (Å²) in [5.41, 5.74) is -1.95. The van der Waals surface area contributed by atoms with Gasteiger partial charge in [0.05, 0.1) is 16.9 Å². The molecule has 1 aromatic rings. The van der Waals surface area contributed by atoms with E-state index in [2.05, 4.69) is 0 Å². The number of rotatable bonds is 3. The highest BCUT2D eigenvalue weighted by Gasteiger charge is 2.11. The van der Waals surface area contributed by atoms with Crippen LogP contribution in [0.25, 0.3) is 0 Å². The number of carboxylic acids is 2. The Morgan fingerprint density at radius 3 is 2.00 bits per heavy atom. The first-order valence-electron chi connectivity index (χ1n) is 3.64. The quantitative estimate of drug-likeness (QED) is 0.432. The molecule has 0 atom stereocenters. The number of carbonyl (C=O) groups is 2. The highest BCUT2D eigenvalue weighted by molar-refractivity contribution is 6.00. The normalized spacial score (nSPS) is 9.60. The average Bonchev–Trinajstić information content (AvgIpc) is 2.16. The van der Waals surface area contributed by atoms with Crippen molar-refractivity contribution in [2.75, 3.05) is 0 Å². The second-order valence-corrected chi connectivity index (χ2v) is 2.56. The monoisotopic (exact) mass is 209 g/mol. The molecule has 0 fully saturated rings. The number of carboxylic acid groups (broad SMARTS) is 2. The zero-order valence-corrected chi connectivity index (χ0v) is 7.13. The molecular weight excluding hydrogens is 206 g/mol. The van der Waals surface area contributed by atoms with Crippen molar-refractivity contribution in [3.05, 3.63) is 39.4 Å². The summed E-state index contributed by atoms with van der Waals surface area (Å²) in [5, 5.41) is 31.2. The van der Waals surface area contributed by atoms with Crippen molar-refractivity contribution in [1.29, 1.82) is 0 Å². The third kappa shape index (κ3) is 2.08. The van der Waals surface area contributed by atoms with E-state index in [0.29, 0.717) is 6.07 Å². The zero-order valence-electron chi connectivity index (χ0n) is 7.13. The molecule has 0 bridgehead atoms. The molecule has 7 heteroatoms. The Kier molecular flexibility index (Phi) is 2.65. The number of aromatic carboxylic acids is 2. The van der Waals surface area contributed by atoms with E-state index in [9.17, 15) is 29.9 Å². The number of nitro groups is 1. The third-order valence-corrected chi connectivity index (χ3v) is 1.65. The lowest BCUT2D eigenvalue weighted by Crippen LogP contribution is -2.30. The number of non-ortho nitro benzene ring substituents is 1. The third-order valence-electron chi connectivity index (χ3n) is 1.65. The molecule has 78 valence electrons. The van der Waals surface area contributed by atoms with E-state index in [1.54, 1.807) is 0 Å². The molecule has 0 saturated carbocycles. The summed E-state index contributed by atoms with van der Waals surface area (Å²) in [6, 6.07) is 2.27. The summed E-state index contributed by atoms with van der Waals surface area (Å²) in [7, 11) is 0. The molecule has 0 saturated heterocycles. The maximum absolute atomic E-state index is 10.5. The molecular formula is C8H3NO6-2. The fourth-order valence-corrected chi connectivity index (χ4v) is 0.993. The Balaban J connectivity index is 3.40. The molecule has 0 aromatic heterocycles. The summed E-state index contributed by atoms with van der Waals surface area (Å²) in [4.78, 5) is 30.4. The maximum Gasteiger partial charge on any atom is 0.270 e. The molecule has 0 radical (unpaired) electrons. The summed E-state index contributed by atoms with van der Waals surface area (Å²) in [5.74, 6) is -3.54. The van der Waals surface area contributed by atoms with Crippen molar-refractivity contribution < 1.29 is 24.7 Å². The van der Waals surface area contributed by atoms with Crippen molar-refractivity contribution in [2.45, 2.75) is 0 Å². The van der Waals surface area contributed by atoms with Crippen LogP contribution in [0.1, 0.15) is 20.7 Å². The molecule has 1 aromatic carbocycles. The SMILES string of the molecule is O=C([O-])c1ccc([N+](=O)[O-])cc1C(=O)[O-]. The highest BCUT2D eigenvalue weighted by Crippen LogP contribution is 2.16. The Hall–Kier alpha value is -2.44. The Morgan fingerprint density at radius 2 is 1.60 bits per heavy atom. The second kappa shape index (κ2) is 3.74. The van der Waals surface area contributed by atoms with Crippen molar-refractivity contribution >= 4 is 17.6 Å². The Labute approximate surface area is 82.7 Å². The molecule has 15 heavy (non-hydrogen) atoms. The number of benzene rings is 1. The van der Waals surface area contributed by atoms with Crippen molar-refractivity contribution in [3.8, 4) is 0 Å². The van der Waals surface area contributed by atoms with Gasteiger partial charge in [0.2, 0.25) is 0 Å². The van der Waals surface area contributed by atoms with Crippen LogP contribution in [-0.4, -0.2) is 16.9 Å². The molecule has 1 rings (SSSR count). The highest BCUT2D eigenvalue weighted by atomic mass is 16.6. The summed E-state index contributed by atoms with van der Waals surface area (Å²) >= 11 is 0. The van der Waals surface area contributed by atoms with Crippen LogP contribution in [0, 0.1) is 10.1 Å². The van der Waals surface area contributed by atoms with E-state index in [1.807, 2.05) is 0 Å². The van der Waals surface area contributed by atoms with Crippen molar-refractivity contribution in [2.24, 2.45) is 0 Å². The van der Waals surface area contributed by atoms with Crippen LogP contribution in [0.15, 0.2) is 18.2 Å². The summed E-state index contributed by atoms with van der Waals surface area (Å²) < 4.78 is 0. The molecule has 0 amide bonds. The molecule has 0 unspecified atom stereocenters. The summed E-state index contributed by atoms with van der Waals surface area (Å²) in [6.45, 7) is 0. The van der Waals surface area contributed by atoms with E-state index in [4.69, 9.17) is 0 Å². The van der Waals surface area contributed by atoms with Crippen LogP contribution in [0.4, 0.5) is 5.69 Å². The van der Waals surface area contributed by atoms with Gasteiger partial charge in [-0.2, -0.15) is 0 Å². The minimum absolute atomic E-state index is 0.529. The lowest BCUT2D eigenvalue weighted by Gasteiger charge is -2.10. The fraction of sp³-hybridized carbons (Fsp3) is 0. The van der Waals surface area contributed by atoms with E-state index in [0.717, 1.165) is 12.1 Å². The molecule has 0 aliphatic rings. The first-order valence-corrected chi connectivity index (χ1v) is 3.64. The van der Waals surface area contributed by atoms with Crippen LogP contribution in [0.3, 0.4) is 0 Å². The largest absolute Gasteiger partial charge is 0.545 e. The molecule has 0 N–H and O–H groups in total. The van der Waals surface area contributed by atoms with E-state index in [1.165, 1.54) is 0 Å². The van der Waals surface area contributed by atoms with Gasteiger partial charge in [-0.3, -0.25) is 10.1 Å². The van der Waals surface area contributed by atoms with E-state index >= 15 is 0 Å². The Morgan fingerprint density at radius 1 is 1.07 bits per heavy atom. The minimum atomic E-state index is -1.81. The standard InChI is InChI=1S/C8H5NO6/c10-7(11)5-2-1-4(9(14)15)3-6(5)8(12)13/h1-3H,(H,10,11)(H,12,13)/p-2. The molecule has 0 heterocycles. The van der Waals surface area contributed by atoms with Gasteiger partial charge in [-0.25, -0.2) is 0 Å². The van der Waals surface area contributed by atoms with Gasteiger partial charge in [0, 0.05) is 23.3 Å². The first-order chi connectivity index (χ1) is 6.93. The van der Waals surface area contributed by atoms with Crippen LogP contribution in [0.2, 0.25) is 0 Å². The predicted molar refractivity (Wildman–Crippen MR) is 41.8 cm³/mol. The first kappa shape index (κ1) is 10.6. The van der Waals surface area contributed by atoms with Gasteiger partial charge in [-0.15, -0.1) is 0 Å². The van der Waals surface area contributed by atoms with Gasteiger partial charge >= 0.3 is 0 Å². The molecule has 7 nitrogen and oxygen atoms in total. The second-order valence-electron chi connectivity index (χ2n) is 2.56.